The quantitative estimate of drug-likeness (QED) is 0.325. The molecular formula is C30H25N3O3S2. The summed E-state index contributed by atoms with van der Waals surface area (Å²) in [6.45, 7) is 10.2. The number of aromatic nitrogens is 1. The van der Waals surface area contributed by atoms with Gasteiger partial charge in [-0.2, -0.15) is 0 Å². The fourth-order valence-corrected chi connectivity index (χ4v) is 7.53. The Morgan fingerprint density at radius 1 is 1.05 bits per heavy atom. The van der Waals surface area contributed by atoms with Crippen molar-refractivity contribution >= 4 is 32.2 Å². The van der Waals surface area contributed by atoms with E-state index in [2.05, 4.69) is 27.3 Å². The summed E-state index contributed by atoms with van der Waals surface area (Å²) in [5.41, 5.74) is 4.09. The fourth-order valence-electron chi connectivity index (χ4n) is 6.19. The second-order valence-corrected chi connectivity index (χ2v) is 13.2. The molecule has 3 aliphatic carbocycles. The molecule has 1 heterocycles. The van der Waals surface area contributed by atoms with E-state index in [4.69, 9.17) is 6.57 Å². The van der Waals surface area contributed by atoms with Gasteiger partial charge in [0.25, 0.3) is 5.54 Å². The lowest BCUT2D eigenvalue weighted by molar-refractivity contribution is -0.127. The predicted octanol–water partition coefficient (Wildman–Crippen LogP) is 5.79. The summed E-state index contributed by atoms with van der Waals surface area (Å²) >= 11 is 1.36. The Bertz CT molecular complexity index is 1690. The summed E-state index contributed by atoms with van der Waals surface area (Å²) in [6, 6.07) is 22.8. The van der Waals surface area contributed by atoms with Crippen LogP contribution in [0, 0.1) is 12.0 Å². The van der Waals surface area contributed by atoms with Gasteiger partial charge in [0.2, 0.25) is 5.91 Å². The van der Waals surface area contributed by atoms with Crippen molar-refractivity contribution in [3.05, 3.63) is 123 Å². The molecule has 1 N–H and O–H groups in total. The first-order chi connectivity index (χ1) is 18.2. The zero-order valence-corrected chi connectivity index (χ0v) is 22.6. The fraction of sp³-hybridized carbons (Fsp3) is 0.233. The molecule has 8 heteroatoms. The molecule has 1 amide bonds. The molecule has 3 aromatic carbocycles. The minimum atomic E-state index is -3.25. The maximum atomic E-state index is 14.0. The Labute approximate surface area is 226 Å². The predicted molar refractivity (Wildman–Crippen MR) is 148 cm³/mol. The minimum absolute atomic E-state index is 0.141. The van der Waals surface area contributed by atoms with Crippen LogP contribution in [0.15, 0.2) is 83.1 Å². The topological polar surface area (TPSA) is 80.5 Å². The Kier molecular flexibility index (Phi) is 5.56. The van der Waals surface area contributed by atoms with E-state index < -0.39 is 20.8 Å². The molecule has 3 aliphatic rings. The van der Waals surface area contributed by atoms with Crippen LogP contribution in [0.2, 0.25) is 0 Å². The Balaban J connectivity index is 1.29. The second kappa shape index (κ2) is 8.62. The third-order valence-electron chi connectivity index (χ3n) is 7.91. The smallest absolute Gasteiger partial charge is 0.284 e. The highest BCUT2D eigenvalue weighted by molar-refractivity contribution is 7.90. The van der Waals surface area contributed by atoms with Crippen LogP contribution < -0.4 is 5.32 Å². The van der Waals surface area contributed by atoms with Crippen LogP contribution in [0.3, 0.4) is 0 Å². The van der Waals surface area contributed by atoms with Crippen LogP contribution in [0.4, 0.5) is 5.13 Å². The molecule has 1 aromatic heterocycles. The molecular weight excluding hydrogens is 514 g/mol. The largest absolute Gasteiger partial charge is 0.301 e. The maximum Gasteiger partial charge on any atom is 0.284 e. The van der Waals surface area contributed by atoms with E-state index in [0.717, 1.165) is 33.5 Å². The molecule has 0 aliphatic heterocycles. The number of amides is 1. The summed E-state index contributed by atoms with van der Waals surface area (Å²) in [5.74, 6) is -0.302. The molecule has 1 unspecified atom stereocenters. The van der Waals surface area contributed by atoms with Gasteiger partial charge < -0.3 is 5.32 Å². The van der Waals surface area contributed by atoms with Crippen molar-refractivity contribution < 1.29 is 13.2 Å². The highest BCUT2D eigenvalue weighted by atomic mass is 32.2. The van der Waals surface area contributed by atoms with Crippen LogP contribution in [0.1, 0.15) is 52.8 Å². The summed E-state index contributed by atoms with van der Waals surface area (Å²) in [6.07, 6.45) is 2.12. The normalized spacial score (nSPS) is 23.2. The highest BCUT2D eigenvalue weighted by Gasteiger charge is 2.64. The lowest BCUT2D eigenvalue weighted by Crippen LogP contribution is -2.53. The SMILES string of the molecule is [C-]#[N+]C12CC(C)(C(=O)Nc3nc(Cc4ccc(S(C)(=O)=O)cc4)cs3)C(c3ccccc31)c1ccccc12. The van der Waals surface area contributed by atoms with Gasteiger partial charge in [-0.25, -0.2) is 20.0 Å². The van der Waals surface area contributed by atoms with E-state index in [1.807, 2.05) is 48.7 Å². The Hall–Kier alpha value is -3.80. The van der Waals surface area contributed by atoms with Crippen molar-refractivity contribution in [2.24, 2.45) is 5.41 Å². The summed E-state index contributed by atoms with van der Waals surface area (Å²) in [7, 11) is -3.25. The molecule has 6 nitrogen and oxygen atoms in total. The number of nitrogens with zero attached hydrogens (tertiary/aromatic N) is 2. The van der Waals surface area contributed by atoms with E-state index >= 15 is 0 Å². The standard InChI is InChI=1S/C30H25N3O3S2/c1-29(18-30(31-2)24-10-6-4-8-22(24)26(29)23-9-5-7-11-25(23)30)27(34)33-28-32-20(17-37-28)16-19-12-14-21(15-13-19)38(3,35)36/h4-15,17,26H,16,18H2,1,3H3,(H,32,33,34). The van der Waals surface area contributed by atoms with E-state index in [9.17, 15) is 13.2 Å². The summed E-state index contributed by atoms with van der Waals surface area (Å²) in [4.78, 5) is 23.1. The molecule has 190 valence electrons. The first-order valence-corrected chi connectivity index (χ1v) is 15.1. The molecule has 7 rings (SSSR count). The molecule has 2 bridgehead atoms. The van der Waals surface area contributed by atoms with Gasteiger partial charge >= 0.3 is 0 Å². The zero-order chi connectivity index (χ0) is 26.7. The number of benzene rings is 3. The van der Waals surface area contributed by atoms with Crippen molar-refractivity contribution in [1.82, 2.24) is 4.98 Å². The van der Waals surface area contributed by atoms with Gasteiger partial charge in [0.05, 0.1) is 16.0 Å². The number of thiazole rings is 1. The number of hydrogen-bond donors (Lipinski definition) is 1. The third-order valence-corrected chi connectivity index (χ3v) is 9.85. The molecule has 0 fully saturated rings. The first-order valence-electron chi connectivity index (χ1n) is 12.3. The lowest BCUT2D eigenvalue weighted by atomic mass is 9.49. The van der Waals surface area contributed by atoms with Gasteiger partial charge in [0, 0.05) is 41.5 Å². The van der Waals surface area contributed by atoms with Crippen molar-refractivity contribution in [2.75, 3.05) is 11.6 Å². The van der Waals surface area contributed by atoms with Crippen LogP contribution >= 0.6 is 11.3 Å². The molecule has 4 aromatic rings. The van der Waals surface area contributed by atoms with E-state index in [-0.39, 0.29) is 16.7 Å². The molecule has 38 heavy (non-hydrogen) atoms. The van der Waals surface area contributed by atoms with Crippen LogP contribution in [-0.4, -0.2) is 25.6 Å². The second-order valence-electron chi connectivity index (χ2n) is 10.4. The van der Waals surface area contributed by atoms with E-state index in [1.54, 1.807) is 24.3 Å². The molecule has 0 spiro atoms. The molecule has 0 radical (unpaired) electrons. The van der Waals surface area contributed by atoms with Gasteiger partial charge in [-0.05, 0) is 35.7 Å². The van der Waals surface area contributed by atoms with Gasteiger partial charge in [-0.1, -0.05) is 60.7 Å². The van der Waals surface area contributed by atoms with Crippen molar-refractivity contribution in [3.63, 3.8) is 0 Å². The van der Waals surface area contributed by atoms with Gasteiger partial charge in [0.15, 0.2) is 15.0 Å². The van der Waals surface area contributed by atoms with E-state index in [0.29, 0.717) is 18.0 Å². The number of fused-ring (bicyclic) bond motifs is 1. The first kappa shape index (κ1) is 24.5. The number of carbonyl (C=O) groups is 1. The van der Waals surface area contributed by atoms with Crippen molar-refractivity contribution in [1.29, 1.82) is 0 Å². The van der Waals surface area contributed by atoms with Gasteiger partial charge in [-0.15, -0.1) is 11.3 Å². The molecule has 0 saturated heterocycles. The number of nitrogens with one attached hydrogen (secondary N) is 1. The Morgan fingerprint density at radius 2 is 1.66 bits per heavy atom. The average molecular weight is 540 g/mol. The third kappa shape index (κ3) is 3.69. The molecule has 0 saturated carbocycles. The number of rotatable bonds is 5. The van der Waals surface area contributed by atoms with Gasteiger partial charge in [0.1, 0.15) is 0 Å². The van der Waals surface area contributed by atoms with Crippen molar-refractivity contribution in [2.45, 2.75) is 36.1 Å². The van der Waals surface area contributed by atoms with Crippen LogP contribution in [0.5, 0.6) is 0 Å². The highest BCUT2D eigenvalue weighted by Crippen LogP contribution is 2.64. The van der Waals surface area contributed by atoms with E-state index in [1.165, 1.54) is 17.6 Å². The monoisotopic (exact) mass is 539 g/mol. The van der Waals surface area contributed by atoms with Crippen LogP contribution in [0.25, 0.3) is 4.85 Å². The summed E-state index contributed by atoms with van der Waals surface area (Å²) in [5, 5.41) is 5.48. The summed E-state index contributed by atoms with van der Waals surface area (Å²) < 4.78 is 23.4. The van der Waals surface area contributed by atoms with Gasteiger partial charge in [-0.3, -0.25) is 9.64 Å². The maximum absolute atomic E-state index is 14.0. The number of anilines is 1. The van der Waals surface area contributed by atoms with Crippen molar-refractivity contribution in [3.8, 4) is 0 Å². The Morgan fingerprint density at radius 3 is 2.24 bits per heavy atom. The minimum Gasteiger partial charge on any atom is -0.301 e. The number of hydrogen-bond acceptors (Lipinski definition) is 5. The van der Waals surface area contributed by atoms with Crippen LogP contribution in [-0.2, 0) is 26.6 Å². The molecule has 1 atom stereocenters. The number of carbonyl (C=O) groups excluding carboxylic acids is 1. The lowest BCUT2D eigenvalue weighted by Gasteiger charge is -2.51. The number of sulfone groups is 1. The zero-order valence-electron chi connectivity index (χ0n) is 20.9. The average Bonchev–Trinajstić information content (AvgIpc) is 3.35.